The molecule has 0 saturated carbocycles. The van der Waals surface area contributed by atoms with E-state index in [4.69, 9.17) is 5.26 Å². The van der Waals surface area contributed by atoms with Gasteiger partial charge >= 0.3 is 0 Å². The van der Waals surface area contributed by atoms with Crippen LogP contribution in [0.5, 0.6) is 0 Å². The molecule has 12 heavy (non-hydrogen) atoms. The van der Waals surface area contributed by atoms with Crippen LogP contribution < -0.4 is 10.6 Å². The summed E-state index contributed by atoms with van der Waals surface area (Å²) in [6, 6.07) is 1.86. The zero-order valence-corrected chi connectivity index (χ0v) is 7.72. The maximum absolute atomic E-state index is 11.0. The van der Waals surface area contributed by atoms with Gasteiger partial charge in [-0.15, -0.1) is 0 Å². The average Bonchev–Trinajstić information content (AvgIpc) is 1.99. The molecule has 0 spiro atoms. The Morgan fingerprint density at radius 3 is 2.50 bits per heavy atom. The Hall–Kier alpha value is -1.08. The van der Waals surface area contributed by atoms with Gasteiger partial charge in [0.2, 0.25) is 5.91 Å². The number of carbonyl (C=O) groups is 1. The van der Waals surface area contributed by atoms with Crippen LogP contribution in [0, 0.1) is 11.3 Å². The molecule has 0 aliphatic rings. The first kappa shape index (κ1) is 10.9. The van der Waals surface area contributed by atoms with Gasteiger partial charge in [-0.05, 0) is 20.8 Å². The summed E-state index contributed by atoms with van der Waals surface area (Å²) in [4.78, 5) is 11.0. The summed E-state index contributed by atoms with van der Waals surface area (Å²) in [6.07, 6.45) is 0. The van der Waals surface area contributed by atoms with Crippen LogP contribution in [0.15, 0.2) is 0 Å². The van der Waals surface area contributed by atoms with Crippen LogP contribution >= 0.6 is 0 Å². The first-order valence-corrected chi connectivity index (χ1v) is 3.98. The molecule has 68 valence electrons. The van der Waals surface area contributed by atoms with E-state index in [2.05, 4.69) is 10.6 Å². The van der Waals surface area contributed by atoms with Gasteiger partial charge in [0.05, 0.1) is 18.7 Å². The molecule has 4 heteroatoms. The molecule has 0 fully saturated rings. The van der Waals surface area contributed by atoms with Crippen molar-refractivity contribution >= 4 is 5.91 Å². The fraction of sp³-hybridized carbons (Fsp3) is 0.750. The molecular weight excluding hydrogens is 154 g/mol. The minimum Gasteiger partial charge on any atom is -0.353 e. The number of amides is 1. The van der Waals surface area contributed by atoms with Crippen LogP contribution in [0.1, 0.15) is 20.8 Å². The van der Waals surface area contributed by atoms with Crippen molar-refractivity contribution in [2.45, 2.75) is 32.9 Å². The van der Waals surface area contributed by atoms with E-state index in [9.17, 15) is 4.79 Å². The lowest BCUT2D eigenvalue weighted by Gasteiger charge is -2.09. The molecule has 4 nitrogen and oxygen atoms in total. The fourth-order valence-electron chi connectivity index (χ4n) is 0.664. The van der Waals surface area contributed by atoms with E-state index in [0.29, 0.717) is 0 Å². The second-order valence-corrected chi connectivity index (χ2v) is 2.95. The summed E-state index contributed by atoms with van der Waals surface area (Å²) in [5, 5.41) is 13.9. The fourth-order valence-corrected chi connectivity index (χ4v) is 0.664. The third-order valence-electron chi connectivity index (χ3n) is 1.21. The van der Waals surface area contributed by atoms with Gasteiger partial charge in [-0.3, -0.25) is 10.1 Å². The first-order valence-electron chi connectivity index (χ1n) is 3.98. The average molecular weight is 169 g/mol. The maximum atomic E-state index is 11.0. The highest BCUT2D eigenvalue weighted by atomic mass is 16.1. The van der Waals surface area contributed by atoms with Gasteiger partial charge < -0.3 is 5.32 Å². The maximum Gasteiger partial charge on any atom is 0.234 e. The van der Waals surface area contributed by atoms with Crippen molar-refractivity contribution in [3.63, 3.8) is 0 Å². The molecule has 0 heterocycles. The molecule has 1 unspecified atom stereocenters. The van der Waals surface area contributed by atoms with Gasteiger partial charge in [-0.25, -0.2) is 0 Å². The third kappa shape index (κ3) is 5.69. The second-order valence-electron chi connectivity index (χ2n) is 2.95. The van der Waals surface area contributed by atoms with Crippen molar-refractivity contribution in [3.05, 3.63) is 0 Å². The lowest BCUT2D eigenvalue weighted by Crippen LogP contribution is -2.40. The van der Waals surface area contributed by atoms with Crippen molar-refractivity contribution in [2.24, 2.45) is 0 Å². The first-order chi connectivity index (χ1) is 5.56. The van der Waals surface area contributed by atoms with Gasteiger partial charge in [-0.2, -0.15) is 5.26 Å². The smallest absolute Gasteiger partial charge is 0.234 e. The van der Waals surface area contributed by atoms with Crippen LogP contribution in [0.25, 0.3) is 0 Å². The van der Waals surface area contributed by atoms with E-state index in [0.717, 1.165) is 0 Å². The molecule has 1 amide bonds. The van der Waals surface area contributed by atoms with E-state index >= 15 is 0 Å². The van der Waals surface area contributed by atoms with E-state index in [1.165, 1.54) is 0 Å². The van der Waals surface area contributed by atoms with Crippen LogP contribution in [-0.2, 0) is 4.79 Å². The van der Waals surface area contributed by atoms with Gasteiger partial charge in [0, 0.05) is 6.04 Å². The van der Waals surface area contributed by atoms with Crippen molar-refractivity contribution < 1.29 is 4.79 Å². The van der Waals surface area contributed by atoms with Gasteiger partial charge in [0.15, 0.2) is 0 Å². The number of carbonyl (C=O) groups excluding carboxylic acids is 1. The highest BCUT2D eigenvalue weighted by molar-refractivity contribution is 5.78. The molecule has 2 N–H and O–H groups in total. The highest BCUT2D eigenvalue weighted by Crippen LogP contribution is 1.78. The Morgan fingerprint density at radius 1 is 1.50 bits per heavy atom. The molecule has 0 radical (unpaired) electrons. The quantitative estimate of drug-likeness (QED) is 0.623. The van der Waals surface area contributed by atoms with Crippen LogP contribution in [0.3, 0.4) is 0 Å². The molecule has 0 aromatic rings. The largest absolute Gasteiger partial charge is 0.353 e. The summed E-state index contributed by atoms with van der Waals surface area (Å²) in [5.41, 5.74) is 0. The number of nitriles is 1. The minimum atomic E-state index is -0.275. The topological polar surface area (TPSA) is 64.9 Å². The van der Waals surface area contributed by atoms with Crippen molar-refractivity contribution in [3.8, 4) is 6.07 Å². The van der Waals surface area contributed by atoms with Gasteiger partial charge in [-0.1, -0.05) is 0 Å². The Balaban J connectivity index is 3.52. The van der Waals surface area contributed by atoms with E-state index in [1.807, 2.05) is 19.9 Å². The molecule has 0 aromatic heterocycles. The predicted molar refractivity (Wildman–Crippen MR) is 46.4 cm³/mol. The van der Waals surface area contributed by atoms with Crippen LogP contribution in [0.2, 0.25) is 0 Å². The van der Waals surface area contributed by atoms with Crippen molar-refractivity contribution in [2.75, 3.05) is 6.54 Å². The Morgan fingerprint density at radius 2 is 2.08 bits per heavy atom. The molecule has 0 aromatic carbocycles. The normalized spacial score (nSPS) is 12.2. The predicted octanol–water partition coefficient (Wildman–Crippen LogP) is 0.0127. The van der Waals surface area contributed by atoms with Crippen molar-refractivity contribution in [1.82, 2.24) is 10.6 Å². The van der Waals surface area contributed by atoms with Crippen LogP contribution in [0.4, 0.5) is 0 Å². The van der Waals surface area contributed by atoms with E-state index in [1.54, 1.807) is 6.92 Å². The Labute approximate surface area is 72.9 Å². The Kier molecular flexibility index (Phi) is 5.06. The summed E-state index contributed by atoms with van der Waals surface area (Å²) >= 11 is 0. The molecule has 0 bridgehead atoms. The summed E-state index contributed by atoms with van der Waals surface area (Å²) in [7, 11) is 0. The monoisotopic (exact) mass is 169 g/mol. The molecule has 1 atom stereocenters. The van der Waals surface area contributed by atoms with E-state index in [-0.39, 0.29) is 24.5 Å². The lowest BCUT2D eigenvalue weighted by atomic mass is 10.3. The summed E-state index contributed by atoms with van der Waals surface area (Å²) in [5.74, 6) is -0.0768. The van der Waals surface area contributed by atoms with Gasteiger partial charge in [0.25, 0.3) is 0 Å². The third-order valence-corrected chi connectivity index (χ3v) is 1.21. The van der Waals surface area contributed by atoms with Crippen molar-refractivity contribution in [1.29, 1.82) is 5.26 Å². The SMILES string of the molecule is CC(C)NC(=O)CNC(C)C#N. The van der Waals surface area contributed by atoms with E-state index < -0.39 is 0 Å². The highest BCUT2D eigenvalue weighted by Gasteiger charge is 2.04. The van der Waals surface area contributed by atoms with Gasteiger partial charge in [0.1, 0.15) is 0 Å². The second kappa shape index (κ2) is 5.56. The molecule has 0 saturated heterocycles. The summed E-state index contributed by atoms with van der Waals surface area (Å²) < 4.78 is 0. The lowest BCUT2D eigenvalue weighted by molar-refractivity contribution is -0.120. The van der Waals surface area contributed by atoms with Crippen LogP contribution in [-0.4, -0.2) is 24.5 Å². The standard InChI is InChI=1S/C8H15N3O/c1-6(2)11-8(12)5-10-7(3)4-9/h6-7,10H,5H2,1-3H3,(H,11,12). The molecular formula is C8H15N3O. The number of nitrogens with zero attached hydrogens (tertiary/aromatic N) is 1. The molecule has 0 rings (SSSR count). The zero-order chi connectivity index (χ0) is 9.56. The Bertz CT molecular complexity index is 183. The zero-order valence-electron chi connectivity index (χ0n) is 7.72. The molecule has 0 aliphatic carbocycles. The number of hydrogen-bond acceptors (Lipinski definition) is 3. The molecule has 0 aliphatic heterocycles. The number of hydrogen-bond donors (Lipinski definition) is 2. The number of nitrogens with one attached hydrogen (secondary N) is 2. The summed E-state index contributed by atoms with van der Waals surface area (Å²) in [6.45, 7) is 5.70. The minimum absolute atomic E-state index is 0.0768. The number of rotatable bonds is 4.